The van der Waals surface area contributed by atoms with Gasteiger partial charge in [-0.25, -0.2) is 0 Å². The zero-order chi connectivity index (χ0) is 19.0. The quantitative estimate of drug-likeness (QED) is 0.488. The number of halogens is 6. The summed E-state index contributed by atoms with van der Waals surface area (Å²) < 4.78 is 99.6. The molecule has 0 aliphatic heterocycles. The lowest BCUT2D eigenvalue weighted by Crippen LogP contribution is -2.45. The van der Waals surface area contributed by atoms with Crippen LogP contribution in [-0.2, 0) is 27.8 Å². The Morgan fingerprint density at radius 2 is 1.76 bits per heavy atom. The van der Waals surface area contributed by atoms with Crippen molar-refractivity contribution in [3.05, 3.63) is 29.3 Å². The molecule has 0 bridgehead atoms. The molecule has 1 aliphatic rings. The summed E-state index contributed by atoms with van der Waals surface area (Å²) in [6.45, 7) is 0. The normalized spacial score (nSPS) is 18.4. The van der Waals surface area contributed by atoms with Crippen LogP contribution in [0.4, 0.5) is 26.3 Å². The second-order valence-electron chi connectivity index (χ2n) is 5.32. The largest absolute Gasteiger partial charge is 0.534 e. The van der Waals surface area contributed by atoms with Crippen molar-refractivity contribution in [2.75, 3.05) is 0 Å². The van der Waals surface area contributed by atoms with Gasteiger partial charge in [0.25, 0.3) is 0 Å². The van der Waals surface area contributed by atoms with Gasteiger partial charge in [-0.2, -0.15) is 34.8 Å². The van der Waals surface area contributed by atoms with Crippen molar-refractivity contribution in [1.82, 2.24) is 5.32 Å². The Hall–Kier alpha value is -1.98. The average Bonchev–Trinajstić information content (AvgIpc) is 2.44. The molecule has 0 spiro atoms. The number of amides is 1. The second-order valence-corrected chi connectivity index (χ2v) is 6.86. The summed E-state index contributed by atoms with van der Waals surface area (Å²) in [4.78, 5) is 10.9. The standard InChI is InChI=1S/C13H11F6NO4S/c14-12(15,16)11(21)20-9-3-1-7-2-4-10(6-8(7)5-9)24-25(22,23)13(17,18)19/h2,4,6,9H,1,3,5H2,(H,20,21). The van der Waals surface area contributed by atoms with Gasteiger partial charge in [-0.05, 0) is 42.5 Å². The predicted octanol–water partition coefficient (Wildman–Crippen LogP) is 2.45. The zero-order valence-corrected chi connectivity index (χ0v) is 13.1. The van der Waals surface area contributed by atoms with E-state index in [1.165, 1.54) is 6.07 Å². The third-order valence-corrected chi connectivity index (χ3v) is 4.47. The summed E-state index contributed by atoms with van der Waals surface area (Å²) in [6, 6.07) is 2.48. The number of hydrogen-bond acceptors (Lipinski definition) is 4. The highest BCUT2D eigenvalue weighted by Crippen LogP contribution is 2.30. The third kappa shape index (κ3) is 4.55. The molecule has 1 unspecified atom stereocenters. The van der Waals surface area contributed by atoms with Crippen molar-refractivity contribution >= 4 is 16.0 Å². The summed E-state index contributed by atoms with van der Waals surface area (Å²) in [5.74, 6) is -2.73. The molecule has 0 aromatic heterocycles. The van der Waals surface area contributed by atoms with Gasteiger partial charge < -0.3 is 9.50 Å². The Morgan fingerprint density at radius 3 is 2.32 bits per heavy atom. The molecule has 0 heterocycles. The van der Waals surface area contributed by atoms with E-state index in [0.717, 1.165) is 12.1 Å². The average molecular weight is 391 g/mol. The molecule has 1 amide bonds. The predicted molar refractivity (Wildman–Crippen MR) is 72.1 cm³/mol. The van der Waals surface area contributed by atoms with Gasteiger partial charge in [-0.15, -0.1) is 0 Å². The summed E-state index contributed by atoms with van der Waals surface area (Å²) in [6.07, 6.45) is -4.67. The van der Waals surface area contributed by atoms with Gasteiger partial charge in [0.15, 0.2) is 0 Å². The van der Waals surface area contributed by atoms with E-state index in [-0.39, 0.29) is 19.3 Å². The van der Waals surface area contributed by atoms with Crippen molar-refractivity contribution in [3.8, 4) is 5.75 Å². The highest BCUT2D eigenvalue weighted by molar-refractivity contribution is 7.88. The molecule has 140 valence electrons. The molecular weight excluding hydrogens is 380 g/mol. The number of carbonyl (C=O) groups excluding carboxylic acids is 1. The summed E-state index contributed by atoms with van der Waals surface area (Å²) in [7, 11) is -5.85. The number of nitrogens with one attached hydrogen (secondary N) is 1. The summed E-state index contributed by atoms with van der Waals surface area (Å²) >= 11 is 0. The third-order valence-electron chi connectivity index (χ3n) is 3.49. The van der Waals surface area contributed by atoms with E-state index < -0.39 is 39.5 Å². The molecular formula is C13H11F6NO4S. The second kappa shape index (κ2) is 6.39. The number of alkyl halides is 6. The van der Waals surface area contributed by atoms with Gasteiger partial charge in [0, 0.05) is 6.04 Å². The van der Waals surface area contributed by atoms with Crippen molar-refractivity contribution < 1.29 is 43.7 Å². The van der Waals surface area contributed by atoms with Crippen molar-refractivity contribution in [2.24, 2.45) is 0 Å². The maximum atomic E-state index is 12.3. The minimum absolute atomic E-state index is 0.0968. The molecule has 1 aliphatic carbocycles. The van der Waals surface area contributed by atoms with Crippen LogP contribution in [0.5, 0.6) is 5.75 Å². The number of benzene rings is 1. The molecule has 1 aromatic carbocycles. The molecule has 5 nitrogen and oxygen atoms in total. The Labute approximate surface area is 138 Å². The number of carbonyl (C=O) groups is 1. The molecule has 25 heavy (non-hydrogen) atoms. The van der Waals surface area contributed by atoms with Crippen LogP contribution in [0.25, 0.3) is 0 Å². The number of rotatable bonds is 3. The van der Waals surface area contributed by atoms with Crippen molar-refractivity contribution in [2.45, 2.75) is 37.0 Å². The Morgan fingerprint density at radius 1 is 1.12 bits per heavy atom. The van der Waals surface area contributed by atoms with Gasteiger partial charge in [-0.1, -0.05) is 6.07 Å². The topological polar surface area (TPSA) is 72.5 Å². The fourth-order valence-electron chi connectivity index (χ4n) is 2.35. The smallest absolute Gasteiger partial charge is 0.376 e. The van der Waals surface area contributed by atoms with E-state index in [0.29, 0.717) is 11.1 Å². The van der Waals surface area contributed by atoms with Gasteiger partial charge in [0.05, 0.1) is 0 Å². The highest BCUT2D eigenvalue weighted by atomic mass is 32.2. The fourth-order valence-corrected chi connectivity index (χ4v) is 2.80. The van der Waals surface area contributed by atoms with E-state index in [9.17, 15) is 39.6 Å². The van der Waals surface area contributed by atoms with Gasteiger partial charge in [0.1, 0.15) is 5.75 Å². The maximum Gasteiger partial charge on any atom is 0.534 e. The number of fused-ring (bicyclic) bond motifs is 1. The fraction of sp³-hybridized carbons (Fsp3) is 0.462. The molecule has 1 aromatic rings. The first-order valence-electron chi connectivity index (χ1n) is 6.80. The van der Waals surface area contributed by atoms with Crippen LogP contribution < -0.4 is 9.50 Å². The van der Waals surface area contributed by atoms with E-state index in [4.69, 9.17) is 0 Å². The monoisotopic (exact) mass is 391 g/mol. The van der Waals surface area contributed by atoms with Crippen molar-refractivity contribution in [1.29, 1.82) is 0 Å². The SMILES string of the molecule is O=C(NC1CCc2ccc(OS(=O)(=O)C(F)(F)F)cc2C1)C(F)(F)F. The first kappa shape index (κ1) is 19.3. The van der Waals surface area contributed by atoms with Crippen LogP contribution in [0, 0.1) is 0 Å². The van der Waals surface area contributed by atoms with Crippen LogP contribution in [0.15, 0.2) is 18.2 Å². The minimum Gasteiger partial charge on any atom is -0.376 e. The van der Waals surface area contributed by atoms with E-state index in [1.807, 2.05) is 0 Å². The first-order chi connectivity index (χ1) is 11.3. The first-order valence-corrected chi connectivity index (χ1v) is 8.20. The molecule has 2 rings (SSSR count). The lowest BCUT2D eigenvalue weighted by molar-refractivity contribution is -0.174. The Balaban J connectivity index is 2.15. The van der Waals surface area contributed by atoms with Gasteiger partial charge in [0.2, 0.25) is 0 Å². The van der Waals surface area contributed by atoms with Gasteiger partial charge >= 0.3 is 27.7 Å². The lowest BCUT2D eigenvalue weighted by atomic mass is 9.88. The van der Waals surface area contributed by atoms with Crippen LogP contribution in [-0.4, -0.2) is 32.1 Å². The van der Waals surface area contributed by atoms with Crippen molar-refractivity contribution in [3.63, 3.8) is 0 Å². The molecule has 0 radical (unpaired) electrons. The summed E-state index contributed by atoms with van der Waals surface area (Å²) in [5.41, 5.74) is -4.69. The number of aryl methyl sites for hydroxylation is 1. The molecule has 0 fully saturated rings. The highest BCUT2D eigenvalue weighted by Gasteiger charge is 2.48. The van der Waals surface area contributed by atoms with Crippen LogP contribution in [0.2, 0.25) is 0 Å². The molecule has 1 N–H and O–H groups in total. The van der Waals surface area contributed by atoms with Crippen LogP contribution in [0.3, 0.4) is 0 Å². The van der Waals surface area contributed by atoms with Crippen LogP contribution >= 0.6 is 0 Å². The molecule has 0 saturated heterocycles. The van der Waals surface area contributed by atoms with E-state index >= 15 is 0 Å². The van der Waals surface area contributed by atoms with E-state index in [2.05, 4.69) is 4.18 Å². The number of hydrogen-bond donors (Lipinski definition) is 1. The van der Waals surface area contributed by atoms with Gasteiger partial charge in [-0.3, -0.25) is 4.79 Å². The zero-order valence-electron chi connectivity index (χ0n) is 12.2. The minimum atomic E-state index is -5.85. The Bertz CT molecular complexity index is 772. The molecule has 12 heteroatoms. The van der Waals surface area contributed by atoms with Crippen LogP contribution in [0.1, 0.15) is 17.5 Å². The summed E-state index contributed by atoms with van der Waals surface area (Å²) in [5, 5.41) is 1.79. The molecule has 1 atom stereocenters. The van der Waals surface area contributed by atoms with E-state index in [1.54, 1.807) is 5.32 Å². The molecule has 0 saturated carbocycles. The maximum absolute atomic E-state index is 12.3. The lowest BCUT2D eigenvalue weighted by Gasteiger charge is -2.26. The Kier molecular flexibility index (Phi) is 4.94.